The smallest absolute Gasteiger partial charge is 0.276 e. The van der Waals surface area contributed by atoms with Crippen LogP contribution in [0.25, 0.3) is 16.3 Å². The molecule has 3 N–H and O–H groups in total. The minimum atomic E-state index is -0.449. The second-order valence-corrected chi connectivity index (χ2v) is 9.77. The molecule has 0 radical (unpaired) electrons. The van der Waals surface area contributed by atoms with Gasteiger partial charge in [-0.05, 0) is 73.6 Å². The molecule has 28 heavy (non-hydrogen) atoms. The van der Waals surface area contributed by atoms with Crippen LogP contribution in [0.4, 0.5) is 0 Å². The molecule has 6 nitrogen and oxygen atoms in total. The van der Waals surface area contributed by atoms with E-state index in [1.165, 1.54) is 12.8 Å². The molecule has 4 fully saturated rings. The van der Waals surface area contributed by atoms with Gasteiger partial charge in [0.1, 0.15) is 5.70 Å². The summed E-state index contributed by atoms with van der Waals surface area (Å²) in [7, 11) is 0. The number of thiazole rings is 1. The Morgan fingerprint density at radius 1 is 1.25 bits per heavy atom. The summed E-state index contributed by atoms with van der Waals surface area (Å²) >= 11 is 1.59. The summed E-state index contributed by atoms with van der Waals surface area (Å²) in [5.74, 6) is 1.99. The number of amides is 1. The standard InChI is InChI=1S/C21H22N4O2S/c26-19-16(5-11-1-2-15-17(6-11)28-10-22-15)23-20(25-19)24-18-13-3-12-4-14(18)9-21(27,7-12)8-13/h1-2,5-6,10,12-14,18,27H,3-4,7-9H2,(H2,23,24,25,26)/b16-5-/t12?,13?,14?,18-,21-. The molecule has 5 aliphatic rings. The Balaban J connectivity index is 1.23. The van der Waals surface area contributed by atoms with Gasteiger partial charge in [0.15, 0.2) is 0 Å². The maximum atomic E-state index is 12.4. The number of benzene rings is 1. The number of fused-ring (bicyclic) bond motifs is 1. The molecule has 2 unspecified atom stereocenters. The molecule has 1 aromatic carbocycles. The number of hydrogen-bond donors (Lipinski definition) is 3. The molecule has 4 saturated carbocycles. The molecule has 144 valence electrons. The molecule has 1 amide bonds. The molecule has 2 heterocycles. The Kier molecular flexibility index (Phi) is 3.50. The van der Waals surface area contributed by atoms with Crippen molar-refractivity contribution in [1.29, 1.82) is 0 Å². The first kappa shape index (κ1) is 16.7. The van der Waals surface area contributed by atoms with Crippen molar-refractivity contribution in [2.75, 3.05) is 0 Å². The fourth-order valence-electron chi connectivity index (χ4n) is 6.03. The van der Waals surface area contributed by atoms with Crippen molar-refractivity contribution in [3.05, 3.63) is 35.0 Å². The maximum Gasteiger partial charge on any atom is 0.276 e. The van der Waals surface area contributed by atoms with E-state index < -0.39 is 5.60 Å². The molecular weight excluding hydrogens is 372 g/mol. The van der Waals surface area contributed by atoms with Crippen LogP contribution in [0, 0.1) is 17.8 Å². The number of hydrogen-bond acceptors (Lipinski definition) is 6. The Labute approximate surface area is 166 Å². The van der Waals surface area contributed by atoms with Crippen molar-refractivity contribution in [3.8, 4) is 0 Å². The van der Waals surface area contributed by atoms with Crippen molar-refractivity contribution >= 4 is 39.5 Å². The number of aromatic nitrogens is 1. The summed E-state index contributed by atoms with van der Waals surface area (Å²) < 4.78 is 1.10. The van der Waals surface area contributed by atoms with Crippen LogP contribution in [0.15, 0.2) is 34.4 Å². The van der Waals surface area contributed by atoms with E-state index in [-0.39, 0.29) is 5.91 Å². The third kappa shape index (κ3) is 2.68. The van der Waals surface area contributed by atoms with Crippen molar-refractivity contribution in [1.82, 2.24) is 15.6 Å². The zero-order valence-electron chi connectivity index (χ0n) is 15.4. The van der Waals surface area contributed by atoms with Crippen LogP contribution in [-0.4, -0.2) is 33.6 Å². The maximum absolute atomic E-state index is 12.4. The molecule has 2 atom stereocenters. The van der Waals surface area contributed by atoms with Crippen LogP contribution in [-0.2, 0) is 4.79 Å². The average Bonchev–Trinajstić information content (AvgIpc) is 3.23. The van der Waals surface area contributed by atoms with Crippen LogP contribution >= 0.6 is 11.3 Å². The molecule has 2 aromatic rings. The topological polar surface area (TPSA) is 86.6 Å². The summed E-state index contributed by atoms with van der Waals surface area (Å²) in [6.45, 7) is 0. The van der Waals surface area contributed by atoms with Gasteiger partial charge >= 0.3 is 0 Å². The summed E-state index contributed by atoms with van der Waals surface area (Å²) in [5, 5.41) is 17.1. The van der Waals surface area contributed by atoms with Gasteiger partial charge in [-0.25, -0.2) is 9.98 Å². The van der Waals surface area contributed by atoms with Gasteiger partial charge in [-0.2, -0.15) is 0 Å². The second kappa shape index (κ2) is 5.87. The first-order valence-electron chi connectivity index (χ1n) is 9.99. The highest BCUT2D eigenvalue weighted by Gasteiger charge is 2.55. The molecule has 0 saturated heterocycles. The lowest BCUT2D eigenvalue weighted by Gasteiger charge is -2.58. The molecule has 7 heteroatoms. The van der Waals surface area contributed by atoms with E-state index in [0.29, 0.717) is 35.5 Å². The number of nitrogens with zero attached hydrogens (tertiary/aromatic N) is 2. The molecular formula is C21H22N4O2S. The Morgan fingerprint density at radius 2 is 2.07 bits per heavy atom. The van der Waals surface area contributed by atoms with Gasteiger partial charge < -0.3 is 10.4 Å². The first-order chi connectivity index (χ1) is 13.5. The van der Waals surface area contributed by atoms with Crippen molar-refractivity contribution in [2.24, 2.45) is 22.7 Å². The minimum absolute atomic E-state index is 0.172. The molecule has 4 bridgehead atoms. The van der Waals surface area contributed by atoms with Gasteiger partial charge in [0.2, 0.25) is 5.96 Å². The minimum Gasteiger partial charge on any atom is -0.390 e. The normalized spacial score (nSPS) is 37.5. The van der Waals surface area contributed by atoms with Gasteiger partial charge in [0.25, 0.3) is 5.91 Å². The monoisotopic (exact) mass is 394 g/mol. The van der Waals surface area contributed by atoms with E-state index in [0.717, 1.165) is 35.0 Å². The van der Waals surface area contributed by atoms with Crippen LogP contribution in [0.2, 0.25) is 0 Å². The van der Waals surface area contributed by atoms with Gasteiger partial charge in [0, 0.05) is 6.04 Å². The van der Waals surface area contributed by atoms with E-state index in [4.69, 9.17) is 0 Å². The fourth-order valence-corrected chi connectivity index (χ4v) is 6.76. The number of carbonyl (C=O) groups excluding carboxylic acids is 1. The number of carbonyl (C=O) groups is 1. The van der Waals surface area contributed by atoms with Gasteiger partial charge in [-0.15, -0.1) is 11.3 Å². The summed E-state index contributed by atoms with van der Waals surface area (Å²) in [6.07, 6.45) is 6.89. The van der Waals surface area contributed by atoms with Crippen molar-refractivity contribution in [3.63, 3.8) is 0 Å². The van der Waals surface area contributed by atoms with E-state index in [1.54, 1.807) is 11.3 Å². The van der Waals surface area contributed by atoms with E-state index in [2.05, 4.69) is 20.6 Å². The van der Waals surface area contributed by atoms with Crippen molar-refractivity contribution < 1.29 is 9.90 Å². The predicted octanol–water partition coefficient (Wildman–Crippen LogP) is 2.65. The highest BCUT2D eigenvalue weighted by molar-refractivity contribution is 7.16. The molecule has 0 spiro atoms. The van der Waals surface area contributed by atoms with Gasteiger partial charge in [-0.3, -0.25) is 10.1 Å². The molecule has 7 rings (SSSR count). The lowest BCUT2D eigenvalue weighted by atomic mass is 9.52. The van der Waals surface area contributed by atoms with Gasteiger partial charge in [0.05, 0.1) is 21.3 Å². The van der Waals surface area contributed by atoms with Crippen LogP contribution < -0.4 is 10.6 Å². The Morgan fingerprint density at radius 3 is 2.86 bits per heavy atom. The number of aliphatic imine (C=N–C) groups is 1. The quantitative estimate of drug-likeness (QED) is 0.684. The van der Waals surface area contributed by atoms with Crippen LogP contribution in [0.3, 0.4) is 0 Å². The number of aliphatic hydroxyl groups is 1. The third-order valence-corrected chi connectivity index (χ3v) is 7.69. The zero-order chi connectivity index (χ0) is 18.9. The van der Waals surface area contributed by atoms with E-state index in [9.17, 15) is 9.90 Å². The molecule has 1 aromatic heterocycles. The Hall–Kier alpha value is -2.25. The highest BCUT2D eigenvalue weighted by atomic mass is 32.1. The molecule has 4 aliphatic carbocycles. The Bertz CT molecular complexity index is 1030. The fraction of sp³-hybridized carbons (Fsp3) is 0.476. The zero-order valence-corrected chi connectivity index (χ0v) is 16.2. The predicted molar refractivity (Wildman–Crippen MR) is 109 cm³/mol. The summed E-state index contributed by atoms with van der Waals surface area (Å²) in [4.78, 5) is 21.2. The van der Waals surface area contributed by atoms with Crippen LogP contribution in [0.5, 0.6) is 0 Å². The highest BCUT2D eigenvalue weighted by Crippen LogP contribution is 2.55. The summed E-state index contributed by atoms with van der Waals surface area (Å²) in [5.41, 5.74) is 3.72. The number of nitrogens with one attached hydrogen (secondary N) is 2. The lowest BCUT2D eigenvalue weighted by Crippen LogP contribution is -2.62. The van der Waals surface area contributed by atoms with E-state index in [1.807, 2.05) is 29.8 Å². The average molecular weight is 395 g/mol. The number of guanidine groups is 1. The summed E-state index contributed by atoms with van der Waals surface area (Å²) in [6, 6.07) is 6.26. The first-order valence-corrected chi connectivity index (χ1v) is 10.9. The van der Waals surface area contributed by atoms with E-state index >= 15 is 0 Å². The molecule has 1 aliphatic heterocycles. The van der Waals surface area contributed by atoms with Crippen LogP contribution in [0.1, 0.15) is 37.7 Å². The third-order valence-electron chi connectivity index (χ3n) is 6.90. The SMILES string of the molecule is O=C1NC(N[C@H]2C3CC4CC2C[C@](O)(C4)C3)=N/C1=C\c1ccc2ncsc2c1. The lowest BCUT2D eigenvalue weighted by molar-refractivity contribution is -0.136. The number of rotatable bonds is 2. The van der Waals surface area contributed by atoms with Crippen molar-refractivity contribution in [2.45, 2.75) is 43.7 Å². The second-order valence-electron chi connectivity index (χ2n) is 8.89. The van der Waals surface area contributed by atoms with Gasteiger partial charge in [-0.1, -0.05) is 6.07 Å². The largest absolute Gasteiger partial charge is 0.390 e.